The summed E-state index contributed by atoms with van der Waals surface area (Å²) in [6, 6.07) is 14.2. The van der Waals surface area contributed by atoms with Gasteiger partial charge in [0.1, 0.15) is 23.0 Å². The van der Waals surface area contributed by atoms with Gasteiger partial charge in [0.15, 0.2) is 0 Å². The molecule has 2 aromatic carbocycles. The number of halogens is 6. The monoisotopic (exact) mass is 742 g/mol. The van der Waals surface area contributed by atoms with Gasteiger partial charge in [0.05, 0.1) is 7.11 Å². The Kier molecular flexibility index (Phi) is 12.1. The fourth-order valence-electron chi connectivity index (χ4n) is 6.49. The van der Waals surface area contributed by atoms with E-state index in [1.54, 1.807) is 17.0 Å². The molecule has 2 aromatic heterocycles. The van der Waals surface area contributed by atoms with E-state index in [0.717, 1.165) is 30.5 Å². The topological polar surface area (TPSA) is 152 Å². The average molecular weight is 743 g/mol. The molecule has 2 unspecified atom stereocenters. The van der Waals surface area contributed by atoms with Crippen molar-refractivity contribution in [2.24, 2.45) is 0 Å². The van der Waals surface area contributed by atoms with Gasteiger partial charge in [0, 0.05) is 42.6 Å². The molecule has 4 atom stereocenters. The molecule has 52 heavy (non-hydrogen) atoms. The molecule has 282 valence electrons. The zero-order valence-corrected chi connectivity index (χ0v) is 27.7. The molecule has 2 aliphatic heterocycles. The molecule has 12 nitrogen and oxygen atoms in total. The number of piperidine rings is 2. The lowest BCUT2D eigenvalue weighted by atomic mass is 9.86. The Labute approximate surface area is 291 Å². The minimum Gasteiger partial charge on any atom is -0.453 e. The van der Waals surface area contributed by atoms with Crippen molar-refractivity contribution in [3.8, 4) is 11.5 Å². The molecule has 1 amide bonds. The van der Waals surface area contributed by atoms with Crippen LogP contribution < -0.4 is 25.9 Å². The van der Waals surface area contributed by atoms with Crippen LogP contribution in [0.15, 0.2) is 79.3 Å². The van der Waals surface area contributed by atoms with Crippen LogP contribution in [0.25, 0.3) is 0 Å². The Hall–Kier alpha value is -5.13. The molecule has 0 radical (unpaired) electrons. The van der Waals surface area contributed by atoms with Crippen LogP contribution in [0.2, 0.25) is 0 Å². The minimum absolute atomic E-state index is 0.0577. The number of rotatable bonds is 8. The number of ether oxygens (including phenoxy) is 3. The van der Waals surface area contributed by atoms with Crippen LogP contribution in [0.4, 0.5) is 31.1 Å². The summed E-state index contributed by atoms with van der Waals surface area (Å²) >= 11 is 0. The molecule has 6 rings (SSSR count). The lowest BCUT2D eigenvalue weighted by Crippen LogP contribution is -2.46. The van der Waals surface area contributed by atoms with Crippen LogP contribution in [0.1, 0.15) is 60.2 Å². The number of nitrogens with one attached hydrogen (secondary N) is 3. The molecular formula is C34H36F6N4O8. The summed E-state index contributed by atoms with van der Waals surface area (Å²) in [5.74, 6) is 0.737. The number of alkyl halides is 6. The van der Waals surface area contributed by atoms with Crippen LogP contribution in [0.3, 0.4) is 0 Å². The summed E-state index contributed by atoms with van der Waals surface area (Å²) in [4.78, 5) is 36.2. The maximum absolute atomic E-state index is 12.3. The molecular weight excluding hydrogens is 706 g/mol. The van der Waals surface area contributed by atoms with Crippen molar-refractivity contribution in [2.75, 3.05) is 20.2 Å². The number of carbonyl (C=O) groups is 1. The van der Waals surface area contributed by atoms with Gasteiger partial charge in [0.2, 0.25) is 0 Å². The van der Waals surface area contributed by atoms with Gasteiger partial charge in [-0.05, 0) is 80.5 Å². The second kappa shape index (κ2) is 16.5. The number of aromatic amines is 2. The lowest BCUT2D eigenvalue weighted by molar-refractivity contribution is -0.275. The van der Waals surface area contributed by atoms with Gasteiger partial charge >= 0.3 is 18.8 Å². The molecule has 2 aliphatic rings. The molecule has 0 aliphatic carbocycles. The lowest BCUT2D eigenvalue weighted by Gasteiger charge is -2.38. The van der Waals surface area contributed by atoms with Gasteiger partial charge in [-0.15, -0.1) is 26.3 Å². The number of methoxy groups -OCH3 is 1. The standard InChI is InChI=1S/C18H19F3N2O5.C16H17F3N2O3/c1-26-17(25)23-7-6-12(15-10-16(24)22-28-15)9-13(23)8-11-2-4-14(5-3-11)27-18(19,20)21;17-16(18,19)23-13-3-1-10(2-4-13)7-12-8-11(5-6-20-12)14-9-15(22)21-24-14/h2-5,10,12-13H,6-9H2,1H3,(H,22,24);1-4,9,11-12,20H,5-8H2,(H,21,22)/t;11-,12+/m.0/s1. The molecule has 0 spiro atoms. The average Bonchev–Trinajstić information content (AvgIpc) is 3.73. The van der Waals surface area contributed by atoms with Crippen LogP contribution in [-0.2, 0) is 17.6 Å². The number of hydrogen-bond donors (Lipinski definition) is 3. The number of nitrogens with zero attached hydrogens (tertiary/aromatic N) is 1. The van der Waals surface area contributed by atoms with Crippen molar-refractivity contribution in [1.82, 2.24) is 20.5 Å². The van der Waals surface area contributed by atoms with E-state index >= 15 is 0 Å². The number of benzene rings is 2. The highest BCUT2D eigenvalue weighted by atomic mass is 19.4. The van der Waals surface area contributed by atoms with Crippen molar-refractivity contribution in [3.63, 3.8) is 0 Å². The third kappa shape index (κ3) is 11.2. The fourth-order valence-corrected chi connectivity index (χ4v) is 6.49. The number of H-pyrrole nitrogens is 2. The van der Waals surface area contributed by atoms with Gasteiger partial charge < -0.3 is 33.5 Å². The fraction of sp³-hybridized carbons (Fsp3) is 0.441. The van der Waals surface area contributed by atoms with E-state index in [1.807, 2.05) is 0 Å². The first-order chi connectivity index (χ1) is 24.6. The molecule has 18 heteroatoms. The van der Waals surface area contributed by atoms with E-state index in [-0.39, 0.29) is 46.5 Å². The van der Waals surface area contributed by atoms with Gasteiger partial charge in [0.25, 0.3) is 11.1 Å². The highest BCUT2D eigenvalue weighted by molar-refractivity contribution is 5.68. The normalized spacial score (nSPS) is 20.8. The van der Waals surface area contributed by atoms with Gasteiger partial charge in [-0.2, -0.15) is 10.3 Å². The van der Waals surface area contributed by atoms with Gasteiger partial charge in [-0.3, -0.25) is 9.59 Å². The zero-order chi connectivity index (χ0) is 37.5. The highest BCUT2D eigenvalue weighted by Crippen LogP contribution is 2.34. The zero-order valence-electron chi connectivity index (χ0n) is 27.7. The van der Waals surface area contributed by atoms with E-state index in [2.05, 4.69) is 25.1 Å². The number of carbonyl (C=O) groups excluding carboxylic acids is 1. The van der Waals surface area contributed by atoms with Gasteiger partial charge in [-0.1, -0.05) is 24.3 Å². The largest absolute Gasteiger partial charge is 0.573 e. The molecule has 4 aromatic rings. The SMILES string of the molecule is COC(=O)N1CCC(c2cc(=O)[nH]o2)CC1Cc1ccc(OC(F)(F)F)cc1.O=c1cc([C@H]2CCN[C@H](Cc3ccc(OC(F)(F)F)cc3)C2)o[nH]1. The van der Waals surface area contributed by atoms with Crippen molar-refractivity contribution in [3.05, 3.63) is 104 Å². The maximum Gasteiger partial charge on any atom is 0.573 e. The maximum atomic E-state index is 12.3. The summed E-state index contributed by atoms with van der Waals surface area (Å²) in [7, 11) is 1.29. The molecule has 3 N–H and O–H groups in total. The number of likely N-dealkylation sites (tertiary alicyclic amines) is 1. The first-order valence-electron chi connectivity index (χ1n) is 16.3. The van der Waals surface area contributed by atoms with Crippen molar-refractivity contribution in [2.45, 2.75) is 75.2 Å². The Balaban J connectivity index is 0.000000203. The molecule has 4 heterocycles. The van der Waals surface area contributed by atoms with Crippen molar-refractivity contribution in [1.29, 1.82) is 0 Å². The second-order valence-corrected chi connectivity index (χ2v) is 12.4. The van der Waals surface area contributed by atoms with Gasteiger partial charge in [-0.25, -0.2) is 4.79 Å². The van der Waals surface area contributed by atoms with E-state index < -0.39 is 18.8 Å². The smallest absolute Gasteiger partial charge is 0.453 e. The molecule has 2 saturated heterocycles. The summed E-state index contributed by atoms with van der Waals surface area (Å²) < 4.78 is 96.3. The first kappa shape index (κ1) is 38.1. The predicted octanol–water partition coefficient (Wildman–Crippen LogP) is 6.37. The quantitative estimate of drug-likeness (QED) is 0.175. The van der Waals surface area contributed by atoms with Crippen LogP contribution in [-0.4, -0.2) is 66.3 Å². The third-order valence-corrected chi connectivity index (χ3v) is 8.78. The highest BCUT2D eigenvalue weighted by Gasteiger charge is 2.35. The van der Waals surface area contributed by atoms with Crippen LogP contribution in [0, 0.1) is 0 Å². The first-order valence-corrected chi connectivity index (χ1v) is 16.3. The Morgan fingerprint density at radius 1 is 0.769 bits per heavy atom. The predicted molar refractivity (Wildman–Crippen MR) is 171 cm³/mol. The Morgan fingerprint density at radius 2 is 1.27 bits per heavy atom. The van der Waals surface area contributed by atoms with E-state index in [9.17, 15) is 40.7 Å². The minimum atomic E-state index is -4.75. The Bertz CT molecular complexity index is 1850. The number of aromatic nitrogens is 2. The van der Waals surface area contributed by atoms with Crippen LogP contribution in [0.5, 0.6) is 11.5 Å². The van der Waals surface area contributed by atoms with Crippen molar-refractivity contribution < 1.29 is 54.4 Å². The summed E-state index contributed by atoms with van der Waals surface area (Å²) in [5.41, 5.74) is 1.07. The molecule has 0 bridgehead atoms. The van der Waals surface area contributed by atoms with E-state index in [0.29, 0.717) is 43.7 Å². The van der Waals surface area contributed by atoms with Crippen LogP contribution >= 0.6 is 0 Å². The summed E-state index contributed by atoms with van der Waals surface area (Å²) in [6.07, 6.45) is -6.03. The number of amides is 1. The molecule has 2 fully saturated rings. The third-order valence-electron chi connectivity index (χ3n) is 8.78. The van der Waals surface area contributed by atoms with E-state index in [4.69, 9.17) is 13.8 Å². The number of hydrogen-bond acceptors (Lipinski definition) is 9. The second-order valence-electron chi connectivity index (χ2n) is 12.4. The molecule has 0 saturated carbocycles. The Morgan fingerprint density at radius 3 is 1.73 bits per heavy atom. The van der Waals surface area contributed by atoms with E-state index in [1.165, 1.54) is 55.6 Å². The summed E-state index contributed by atoms with van der Waals surface area (Å²) in [5, 5.41) is 7.94. The van der Waals surface area contributed by atoms with Crippen molar-refractivity contribution >= 4 is 6.09 Å². The summed E-state index contributed by atoms with van der Waals surface area (Å²) in [6.45, 7) is 1.20.